The number of thiophene rings is 2. The van der Waals surface area contributed by atoms with E-state index in [1.165, 1.54) is 84.1 Å². The summed E-state index contributed by atoms with van der Waals surface area (Å²) in [4.78, 5) is 2.44. The molecule has 13 aromatic rings. The molecule has 0 unspecified atom stereocenters. The van der Waals surface area contributed by atoms with Gasteiger partial charge in [-0.1, -0.05) is 133 Å². The monoisotopic (exact) mass is 799 g/mol. The molecule has 60 heavy (non-hydrogen) atoms. The van der Waals surface area contributed by atoms with Gasteiger partial charge in [0.25, 0.3) is 0 Å². The van der Waals surface area contributed by atoms with Gasteiger partial charge in [0, 0.05) is 73.4 Å². The Kier molecular flexibility index (Phi) is 7.38. The van der Waals surface area contributed by atoms with E-state index in [1.807, 2.05) is 22.7 Å². The molecule has 280 valence electrons. The molecule has 3 aromatic heterocycles. The molecule has 0 N–H and O–H groups in total. The van der Waals surface area contributed by atoms with Crippen LogP contribution in [0.3, 0.4) is 0 Å². The minimum Gasteiger partial charge on any atom is -0.456 e. The summed E-state index contributed by atoms with van der Waals surface area (Å²) in [6.45, 7) is 0. The second-order valence-corrected chi connectivity index (χ2v) is 17.8. The molecule has 0 aliphatic rings. The van der Waals surface area contributed by atoms with Crippen LogP contribution in [-0.4, -0.2) is 0 Å². The van der Waals surface area contributed by atoms with Gasteiger partial charge in [0.05, 0.1) is 5.69 Å². The van der Waals surface area contributed by atoms with Crippen LogP contribution in [0.1, 0.15) is 0 Å². The fraction of sp³-hybridized carbons (Fsp3) is 0. The first-order valence-electron chi connectivity index (χ1n) is 20.3. The van der Waals surface area contributed by atoms with Crippen molar-refractivity contribution in [2.24, 2.45) is 0 Å². The molecule has 0 atom stereocenters. The molecule has 13 rings (SSSR count). The molecule has 0 aliphatic carbocycles. The highest BCUT2D eigenvalue weighted by Gasteiger charge is 2.22. The molecular weight excluding hydrogens is 767 g/mol. The van der Waals surface area contributed by atoms with Crippen LogP contribution in [0.15, 0.2) is 205 Å². The molecule has 0 amide bonds. The lowest BCUT2D eigenvalue weighted by Crippen LogP contribution is -2.11. The van der Waals surface area contributed by atoms with Crippen molar-refractivity contribution in [1.82, 2.24) is 0 Å². The van der Waals surface area contributed by atoms with Crippen LogP contribution in [0.4, 0.5) is 17.1 Å². The first-order chi connectivity index (χ1) is 29.7. The Labute approximate surface area is 353 Å². The highest BCUT2D eigenvalue weighted by molar-refractivity contribution is 7.26. The Morgan fingerprint density at radius 3 is 1.93 bits per heavy atom. The Hall–Kier alpha value is -7.24. The lowest BCUT2D eigenvalue weighted by atomic mass is 9.97. The van der Waals surface area contributed by atoms with Gasteiger partial charge in [-0.3, -0.25) is 0 Å². The highest BCUT2D eigenvalue weighted by Crippen LogP contribution is 2.48. The van der Waals surface area contributed by atoms with E-state index in [9.17, 15) is 0 Å². The number of furan rings is 1. The van der Waals surface area contributed by atoms with E-state index < -0.39 is 0 Å². The van der Waals surface area contributed by atoms with E-state index in [-0.39, 0.29) is 0 Å². The van der Waals surface area contributed by atoms with Crippen LogP contribution in [0, 0.1) is 0 Å². The molecule has 2 nitrogen and oxygen atoms in total. The molecule has 3 heterocycles. The summed E-state index contributed by atoms with van der Waals surface area (Å²) in [5, 5.41) is 12.3. The van der Waals surface area contributed by atoms with Gasteiger partial charge in [-0.15, -0.1) is 22.7 Å². The molecule has 0 saturated heterocycles. The van der Waals surface area contributed by atoms with E-state index >= 15 is 0 Å². The molecule has 4 heteroatoms. The smallest absolute Gasteiger partial charge is 0.136 e. The van der Waals surface area contributed by atoms with Crippen LogP contribution in [-0.2, 0) is 0 Å². The minimum atomic E-state index is 0.880. The van der Waals surface area contributed by atoms with Crippen molar-refractivity contribution in [1.29, 1.82) is 0 Å². The van der Waals surface area contributed by atoms with Gasteiger partial charge >= 0.3 is 0 Å². The summed E-state index contributed by atoms with van der Waals surface area (Å²) in [5.41, 5.74) is 9.90. The second kappa shape index (κ2) is 13.1. The van der Waals surface area contributed by atoms with Gasteiger partial charge in [-0.2, -0.15) is 0 Å². The van der Waals surface area contributed by atoms with Crippen LogP contribution in [0.25, 0.3) is 106 Å². The van der Waals surface area contributed by atoms with Crippen molar-refractivity contribution in [2.45, 2.75) is 0 Å². The third-order valence-corrected chi connectivity index (χ3v) is 14.5. The Morgan fingerprint density at radius 2 is 1.00 bits per heavy atom. The number of fused-ring (bicyclic) bond motifs is 13. The fourth-order valence-corrected chi connectivity index (χ4v) is 11.8. The molecule has 0 fully saturated rings. The van der Waals surface area contributed by atoms with E-state index in [2.05, 4.69) is 205 Å². The number of para-hydroxylation sites is 1. The molecule has 0 spiro atoms. The SMILES string of the molecule is c1ccc(-c2ccccc2N(c2ccc3sc4cccc(-c5ccc6c(c5)sc5ccccc56)c4c3c2)c2ccc3oc4ccc5ccc6ccccc6c5c4c3c2)cc1. The summed E-state index contributed by atoms with van der Waals surface area (Å²) in [6, 6.07) is 73.2. The van der Waals surface area contributed by atoms with Crippen LogP contribution in [0.5, 0.6) is 0 Å². The average Bonchev–Trinajstić information content (AvgIpc) is 4.00. The summed E-state index contributed by atoms with van der Waals surface area (Å²) in [6.07, 6.45) is 0. The summed E-state index contributed by atoms with van der Waals surface area (Å²) < 4.78 is 11.8. The zero-order chi connectivity index (χ0) is 39.3. The van der Waals surface area contributed by atoms with Gasteiger partial charge in [0.2, 0.25) is 0 Å². The van der Waals surface area contributed by atoms with Gasteiger partial charge < -0.3 is 9.32 Å². The Bertz CT molecular complexity index is 3850. The van der Waals surface area contributed by atoms with Crippen molar-refractivity contribution in [2.75, 3.05) is 4.90 Å². The van der Waals surface area contributed by atoms with E-state index in [1.54, 1.807) is 0 Å². The van der Waals surface area contributed by atoms with E-state index in [0.29, 0.717) is 0 Å². The zero-order valence-corrected chi connectivity index (χ0v) is 33.9. The largest absolute Gasteiger partial charge is 0.456 e. The third kappa shape index (κ3) is 5.11. The van der Waals surface area contributed by atoms with Gasteiger partial charge in [0.1, 0.15) is 11.2 Å². The van der Waals surface area contributed by atoms with Gasteiger partial charge in [-0.25, -0.2) is 0 Å². The zero-order valence-electron chi connectivity index (χ0n) is 32.2. The molecule has 0 saturated carbocycles. The van der Waals surface area contributed by atoms with Gasteiger partial charge in [-0.05, 0) is 99.6 Å². The lowest BCUT2D eigenvalue weighted by molar-refractivity contribution is 0.669. The summed E-state index contributed by atoms with van der Waals surface area (Å²) >= 11 is 3.74. The maximum absolute atomic E-state index is 6.63. The van der Waals surface area contributed by atoms with Crippen molar-refractivity contribution in [3.05, 3.63) is 200 Å². The van der Waals surface area contributed by atoms with Crippen molar-refractivity contribution < 1.29 is 4.42 Å². The topological polar surface area (TPSA) is 16.4 Å². The van der Waals surface area contributed by atoms with Crippen molar-refractivity contribution in [3.8, 4) is 22.3 Å². The van der Waals surface area contributed by atoms with E-state index in [4.69, 9.17) is 4.42 Å². The molecule has 0 radical (unpaired) electrons. The first kappa shape index (κ1) is 33.7. The Morgan fingerprint density at radius 1 is 0.333 bits per heavy atom. The second-order valence-electron chi connectivity index (χ2n) is 15.6. The number of rotatable bonds is 5. The Balaban J connectivity index is 1.06. The number of hydrogen-bond acceptors (Lipinski definition) is 4. The maximum atomic E-state index is 6.63. The molecule has 10 aromatic carbocycles. The van der Waals surface area contributed by atoms with Crippen LogP contribution < -0.4 is 4.90 Å². The minimum absolute atomic E-state index is 0.880. The van der Waals surface area contributed by atoms with Crippen LogP contribution in [0.2, 0.25) is 0 Å². The molecular formula is C56H33NOS2. The van der Waals surface area contributed by atoms with Crippen molar-refractivity contribution in [3.63, 3.8) is 0 Å². The maximum Gasteiger partial charge on any atom is 0.136 e. The summed E-state index contributed by atoms with van der Waals surface area (Å²) in [7, 11) is 0. The quantitative estimate of drug-likeness (QED) is 0.161. The number of nitrogens with zero attached hydrogens (tertiary/aromatic N) is 1. The summed E-state index contributed by atoms with van der Waals surface area (Å²) in [5.74, 6) is 0. The predicted octanol–water partition coefficient (Wildman–Crippen LogP) is 17.4. The highest BCUT2D eigenvalue weighted by atomic mass is 32.1. The normalized spacial score (nSPS) is 12.0. The van der Waals surface area contributed by atoms with Gasteiger partial charge in [0.15, 0.2) is 0 Å². The fourth-order valence-electron chi connectivity index (χ4n) is 9.54. The van der Waals surface area contributed by atoms with Crippen LogP contribution >= 0.6 is 22.7 Å². The number of hydrogen-bond donors (Lipinski definition) is 0. The standard InChI is InChI=1S/C56H33NOS2/c1-2-11-34(12-3-1)40-14-6-8-18-47(40)57(38-25-29-48-45(32-38)56-49(58-48)28-24-36-22-21-35-13-4-5-15-41(35)54(36)56)39-26-30-51-46(33-39)55-42(17-10-20-52(55)59-51)37-23-27-44-43-16-7-9-19-50(43)60-53(44)31-37/h1-33H. The average molecular weight is 800 g/mol. The number of benzene rings is 10. The molecule has 0 bridgehead atoms. The van der Waals surface area contributed by atoms with E-state index in [0.717, 1.165) is 39.0 Å². The first-order valence-corrected chi connectivity index (χ1v) is 22.0. The lowest BCUT2D eigenvalue weighted by Gasteiger charge is -2.28. The third-order valence-electron chi connectivity index (χ3n) is 12.2. The van der Waals surface area contributed by atoms with Crippen molar-refractivity contribution >= 4 is 124 Å². The number of anilines is 3. The molecule has 0 aliphatic heterocycles. The predicted molar refractivity (Wildman–Crippen MR) is 260 cm³/mol.